The van der Waals surface area contributed by atoms with E-state index >= 15 is 0 Å². The van der Waals surface area contributed by atoms with Crippen molar-refractivity contribution in [2.24, 2.45) is 5.92 Å². The Labute approximate surface area is 101 Å². The van der Waals surface area contributed by atoms with E-state index in [4.69, 9.17) is 0 Å². The van der Waals surface area contributed by atoms with Crippen LogP contribution in [0.25, 0.3) is 0 Å². The first-order chi connectivity index (χ1) is 8.04. The van der Waals surface area contributed by atoms with Crippen molar-refractivity contribution in [3.8, 4) is 0 Å². The number of aromatic amines is 1. The predicted octanol–water partition coefficient (Wildman–Crippen LogP) is 0.830. The van der Waals surface area contributed by atoms with Crippen LogP contribution in [0.1, 0.15) is 19.2 Å². The molecule has 0 saturated carbocycles. The van der Waals surface area contributed by atoms with E-state index in [1.165, 1.54) is 6.07 Å². The number of aromatic nitrogens is 2. The minimum absolute atomic E-state index is 0.0967. The number of H-pyrrole nitrogens is 1. The van der Waals surface area contributed by atoms with Crippen molar-refractivity contribution in [2.45, 2.75) is 26.3 Å². The molecule has 0 radical (unpaired) electrons. The fourth-order valence-corrected chi connectivity index (χ4v) is 2.41. The van der Waals surface area contributed by atoms with Gasteiger partial charge in [-0.2, -0.15) is 0 Å². The molecule has 0 aromatic carbocycles. The van der Waals surface area contributed by atoms with Gasteiger partial charge in [0, 0.05) is 18.7 Å². The van der Waals surface area contributed by atoms with Gasteiger partial charge in [0.2, 0.25) is 0 Å². The largest absolute Gasteiger partial charge is 0.367 e. The third-order valence-electron chi connectivity index (χ3n) is 3.30. The molecule has 1 saturated heterocycles. The van der Waals surface area contributed by atoms with Crippen molar-refractivity contribution < 1.29 is 0 Å². The quantitative estimate of drug-likeness (QED) is 0.798. The molecule has 1 fully saturated rings. The number of rotatable bonds is 2. The van der Waals surface area contributed by atoms with Gasteiger partial charge >= 0.3 is 0 Å². The number of nitrogens with one attached hydrogen (secondary N) is 2. The summed E-state index contributed by atoms with van der Waals surface area (Å²) in [4.78, 5) is 20.6. The highest BCUT2D eigenvalue weighted by Crippen LogP contribution is 2.18. The first-order valence-electron chi connectivity index (χ1n) is 6.07. The lowest BCUT2D eigenvalue weighted by atomic mass is 9.94. The highest BCUT2D eigenvalue weighted by molar-refractivity contribution is 5.34. The van der Waals surface area contributed by atoms with Crippen molar-refractivity contribution in [3.05, 3.63) is 22.2 Å². The van der Waals surface area contributed by atoms with Crippen LogP contribution in [0.3, 0.4) is 0 Å². The summed E-state index contributed by atoms with van der Waals surface area (Å²) in [6.07, 6.45) is 1.09. The summed E-state index contributed by atoms with van der Waals surface area (Å²) >= 11 is 0. The molecule has 94 valence electrons. The molecule has 5 nitrogen and oxygen atoms in total. The van der Waals surface area contributed by atoms with Crippen molar-refractivity contribution in [2.75, 3.05) is 25.5 Å². The number of hydrogen-bond donors (Lipinski definition) is 2. The number of aryl methyl sites for hydroxylation is 1. The Kier molecular flexibility index (Phi) is 3.47. The van der Waals surface area contributed by atoms with Gasteiger partial charge < -0.3 is 15.2 Å². The fourth-order valence-electron chi connectivity index (χ4n) is 2.41. The molecule has 0 amide bonds. The Hall–Kier alpha value is -1.36. The summed E-state index contributed by atoms with van der Waals surface area (Å²) in [7, 11) is 2.14. The van der Waals surface area contributed by atoms with E-state index in [-0.39, 0.29) is 5.56 Å². The zero-order valence-electron chi connectivity index (χ0n) is 10.7. The summed E-state index contributed by atoms with van der Waals surface area (Å²) in [6.45, 7) is 6.20. The zero-order valence-corrected chi connectivity index (χ0v) is 10.7. The first-order valence-corrected chi connectivity index (χ1v) is 6.07. The molecule has 2 atom stereocenters. The van der Waals surface area contributed by atoms with E-state index in [1.54, 1.807) is 6.92 Å². The van der Waals surface area contributed by atoms with Crippen LogP contribution in [0.5, 0.6) is 0 Å². The maximum absolute atomic E-state index is 11.3. The Morgan fingerprint density at radius 1 is 1.59 bits per heavy atom. The third-order valence-corrected chi connectivity index (χ3v) is 3.30. The normalized spacial score (nSPS) is 25.8. The van der Waals surface area contributed by atoms with E-state index in [1.807, 2.05) is 0 Å². The highest BCUT2D eigenvalue weighted by atomic mass is 16.1. The second-order valence-electron chi connectivity index (χ2n) is 5.00. The zero-order chi connectivity index (χ0) is 12.4. The minimum Gasteiger partial charge on any atom is -0.367 e. The van der Waals surface area contributed by atoms with Gasteiger partial charge in [0.25, 0.3) is 5.56 Å². The summed E-state index contributed by atoms with van der Waals surface area (Å²) in [5, 5.41) is 3.38. The smallest absolute Gasteiger partial charge is 0.252 e. The van der Waals surface area contributed by atoms with Crippen LogP contribution in [0, 0.1) is 12.8 Å². The van der Waals surface area contributed by atoms with E-state index < -0.39 is 0 Å². The van der Waals surface area contributed by atoms with Crippen LogP contribution in [-0.4, -0.2) is 41.0 Å². The Morgan fingerprint density at radius 3 is 3.00 bits per heavy atom. The molecule has 2 rings (SSSR count). The van der Waals surface area contributed by atoms with Crippen molar-refractivity contribution in [1.82, 2.24) is 14.9 Å². The van der Waals surface area contributed by atoms with Gasteiger partial charge in [0.05, 0.1) is 0 Å². The Bertz CT molecular complexity index is 442. The summed E-state index contributed by atoms with van der Waals surface area (Å²) in [5.74, 6) is 1.91. The van der Waals surface area contributed by atoms with Crippen LogP contribution < -0.4 is 10.9 Å². The molecule has 0 bridgehead atoms. The van der Waals surface area contributed by atoms with Gasteiger partial charge in [-0.1, -0.05) is 6.92 Å². The van der Waals surface area contributed by atoms with Gasteiger partial charge in [0.15, 0.2) is 0 Å². The molecule has 2 N–H and O–H groups in total. The molecule has 1 aliphatic rings. The molecular formula is C12H20N4O. The molecule has 1 aliphatic heterocycles. The third kappa shape index (κ3) is 3.06. The molecule has 1 aromatic heterocycles. The van der Waals surface area contributed by atoms with Gasteiger partial charge in [-0.3, -0.25) is 4.79 Å². The molecule has 2 unspecified atom stereocenters. The molecule has 5 heteroatoms. The summed E-state index contributed by atoms with van der Waals surface area (Å²) in [6, 6.07) is 1.93. The molecular weight excluding hydrogens is 216 g/mol. The summed E-state index contributed by atoms with van der Waals surface area (Å²) in [5.41, 5.74) is -0.0967. The van der Waals surface area contributed by atoms with E-state index in [2.05, 4.69) is 34.2 Å². The number of anilines is 1. The Balaban J connectivity index is 2.07. The molecule has 17 heavy (non-hydrogen) atoms. The lowest BCUT2D eigenvalue weighted by Crippen LogP contribution is -2.43. The van der Waals surface area contributed by atoms with E-state index in [0.29, 0.717) is 23.6 Å². The van der Waals surface area contributed by atoms with Crippen LogP contribution in [0.4, 0.5) is 5.82 Å². The lowest BCUT2D eigenvalue weighted by Gasteiger charge is -2.35. The molecule has 0 aliphatic carbocycles. The molecule has 1 aromatic rings. The maximum Gasteiger partial charge on any atom is 0.252 e. The van der Waals surface area contributed by atoms with Gasteiger partial charge in [-0.25, -0.2) is 4.98 Å². The van der Waals surface area contributed by atoms with Crippen molar-refractivity contribution >= 4 is 5.82 Å². The van der Waals surface area contributed by atoms with Crippen molar-refractivity contribution in [1.29, 1.82) is 0 Å². The standard InChI is InChI=1S/C12H20N4O/c1-8-7-16(3)5-4-10(8)15-11-6-12(17)14-9(2)13-11/h6,8,10H,4-5,7H2,1-3H3,(H2,13,14,15,17). The average Bonchev–Trinajstić information content (AvgIpc) is 2.21. The maximum atomic E-state index is 11.3. The topological polar surface area (TPSA) is 61.0 Å². The number of piperidine rings is 1. The number of likely N-dealkylation sites (tertiary alicyclic amines) is 1. The fraction of sp³-hybridized carbons (Fsp3) is 0.667. The van der Waals surface area contributed by atoms with Crippen LogP contribution in [-0.2, 0) is 0 Å². The SMILES string of the molecule is Cc1nc(NC2CCN(C)CC2C)cc(=O)[nH]1. The second kappa shape index (κ2) is 4.87. The second-order valence-corrected chi connectivity index (χ2v) is 5.00. The predicted molar refractivity (Wildman–Crippen MR) is 68.3 cm³/mol. The van der Waals surface area contributed by atoms with Gasteiger partial charge in [0.1, 0.15) is 11.6 Å². The van der Waals surface area contributed by atoms with E-state index in [0.717, 1.165) is 19.5 Å². The van der Waals surface area contributed by atoms with Crippen LogP contribution >= 0.6 is 0 Å². The first kappa shape index (κ1) is 12.1. The summed E-state index contributed by atoms with van der Waals surface area (Å²) < 4.78 is 0. The lowest BCUT2D eigenvalue weighted by molar-refractivity contribution is 0.206. The highest BCUT2D eigenvalue weighted by Gasteiger charge is 2.24. The van der Waals surface area contributed by atoms with Crippen molar-refractivity contribution in [3.63, 3.8) is 0 Å². The molecule has 0 spiro atoms. The average molecular weight is 236 g/mol. The monoisotopic (exact) mass is 236 g/mol. The van der Waals surface area contributed by atoms with Crippen LogP contribution in [0.15, 0.2) is 10.9 Å². The molecule has 2 heterocycles. The van der Waals surface area contributed by atoms with Gasteiger partial charge in [-0.15, -0.1) is 0 Å². The van der Waals surface area contributed by atoms with Crippen LogP contribution in [0.2, 0.25) is 0 Å². The minimum atomic E-state index is -0.0967. The Morgan fingerprint density at radius 2 is 2.35 bits per heavy atom. The van der Waals surface area contributed by atoms with E-state index in [9.17, 15) is 4.79 Å². The number of hydrogen-bond acceptors (Lipinski definition) is 4. The van der Waals surface area contributed by atoms with Gasteiger partial charge in [-0.05, 0) is 32.9 Å². The number of nitrogens with zero attached hydrogens (tertiary/aromatic N) is 2.